The molecule has 0 fully saturated rings. The molecule has 0 radical (unpaired) electrons. The standard InChI is InChI=1S/C7H18N2/c1-6(4-8)3-7(2)5-9/h6-7H,3-5,8-9H2,1-2H3. The van der Waals surface area contributed by atoms with Gasteiger partial charge in [0.2, 0.25) is 0 Å². The molecule has 0 heterocycles. The summed E-state index contributed by atoms with van der Waals surface area (Å²) in [5.41, 5.74) is 10.9. The van der Waals surface area contributed by atoms with Crippen molar-refractivity contribution in [2.45, 2.75) is 20.3 Å². The summed E-state index contributed by atoms with van der Waals surface area (Å²) >= 11 is 0. The van der Waals surface area contributed by atoms with Crippen LogP contribution < -0.4 is 11.5 Å². The van der Waals surface area contributed by atoms with Gasteiger partial charge in [0.1, 0.15) is 0 Å². The van der Waals surface area contributed by atoms with Gasteiger partial charge in [0, 0.05) is 0 Å². The zero-order chi connectivity index (χ0) is 7.28. The third kappa shape index (κ3) is 4.43. The number of hydrogen-bond acceptors (Lipinski definition) is 2. The van der Waals surface area contributed by atoms with Crippen LogP contribution in [0.2, 0.25) is 0 Å². The lowest BCUT2D eigenvalue weighted by molar-refractivity contribution is 0.428. The summed E-state index contributed by atoms with van der Waals surface area (Å²) in [4.78, 5) is 0. The lowest BCUT2D eigenvalue weighted by Crippen LogP contribution is -2.18. The van der Waals surface area contributed by atoms with E-state index in [0.29, 0.717) is 11.8 Å². The van der Waals surface area contributed by atoms with Gasteiger partial charge in [-0.3, -0.25) is 0 Å². The van der Waals surface area contributed by atoms with Gasteiger partial charge in [0.05, 0.1) is 0 Å². The van der Waals surface area contributed by atoms with Gasteiger partial charge in [0.25, 0.3) is 0 Å². The minimum absolute atomic E-state index is 0.628. The van der Waals surface area contributed by atoms with Gasteiger partial charge >= 0.3 is 0 Å². The van der Waals surface area contributed by atoms with Crippen molar-refractivity contribution in [1.29, 1.82) is 0 Å². The highest BCUT2D eigenvalue weighted by Gasteiger charge is 2.03. The Hall–Kier alpha value is -0.0800. The molecule has 0 aliphatic heterocycles. The summed E-state index contributed by atoms with van der Waals surface area (Å²) < 4.78 is 0. The Morgan fingerprint density at radius 2 is 1.33 bits per heavy atom. The summed E-state index contributed by atoms with van der Waals surface area (Å²) in [5, 5.41) is 0. The molecule has 56 valence electrons. The first kappa shape index (κ1) is 8.92. The SMILES string of the molecule is CC(CN)CC(C)CN. The van der Waals surface area contributed by atoms with Crippen LogP contribution in [0.4, 0.5) is 0 Å². The smallest absolute Gasteiger partial charge is 0.00514 e. The van der Waals surface area contributed by atoms with Crippen LogP contribution in [0.5, 0.6) is 0 Å². The van der Waals surface area contributed by atoms with Crippen molar-refractivity contribution in [3.63, 3.8) is 0 Å². The van der Waals surface area contributed by atoms with E-state index in [1.807, 2.05) is 0 Å². The third-order valence-corrected chi connectivity index (χ3v) is 1.61. The third-order valence-electron chi connectivity index (χ3n) is 1.61. The van der Waals surface area contributed by atoms with Gasteiger partial charge in [-0.1, -0.05) is 13.8 Å². The molecule has 0 aromatic rings. The summed E-state index contributed by atoms with van der Waals surface area (Å²) in [6, 6.07) is 0. The van der Waals surface area contributed by atoms with Crippen molar-refractivity contribution in [1.82, 2.24) is 0 Å². The monoisotopic (exact) mass is 130 g/mol. The molecule has 0 aromatic carbocycles. The van der Waals surface area contributed by atoms with E-state index in [2.05, 4.69) is 13.8 Å². The molecule has 0 aromatic heterocycles. The van der Waals surface area contributed by atoms with E-state index >= 15 is 0 Å². The Kier molecular flexibility index (Phi) is 4.72. The molecule has 2 unspecified atom stereocenters. The molecule has 9 heavy (non-hydrogen) atoms. The number of rotatable bonds is 4. The van der Waals surface area contributed by atoms with Crippen LogP contribution in [0.3, 0.4) is 0 Å². The van der Waals surface area contributed by atoms with E-state index in [1.165, 1.54) is 0 Å². The van der Waals surface area contributed by atoms with Crippen molar-refractivity contribution in [3.05, 3.63) is 0 Å². The van der Waals surface area contributed by atoms with Crippen molar-refractivity contribution in [2.75, 3.05) is 13.1 Å². The second-order valence-corrected chi connectivity index (χ2v) is 2.92. The molecular formula is C7H18N2. The van der Waals surface area contributed by atoms with Crippen LogP contribution >= 0.6 is 0 Å². The van der Waals surface area contributed by atoms with Gasteiger partial charge in [-0.15, -0.1) is 0 Å². The summed E-state index contributed by atoms with van der Waals surface area (Å²) in [7, 11) is 0. The maximum Gasteiger partial charge on any atom is -0.00514 e. The molecule has 2 nitrogen and oxygen atoms in total. The first-order valence-electron chi connectivity index (χ1n) is 3.60. The molecule has 0 saturated heterocycles. The van der Waals surface area contributed by atoms with Gasteiger partial charge in [-0.05, 0) is 31.3 Å². The minimum atomic E-state index is 0.628. The Morgan fingerprint density at radius 1 is 1.00 bits per heavy atom. The fourth-order valence-corrected chi connectivity index (χ4v) is 0.879. The highest BCUT2D eigenvalue weighted by atomic mass is 14.6. The molecule has 0 saturated carbocycles. The fourth-order valence-electron chi connectivity index (χ4n) is 0.879. The average molecular weight is 130 g/mol. The van der Waals surface area contributed by atoms with Gasteiger partial charge in [0.15, 0.2) is 0 Å². The van der Waals surface area contributed by atoms with Crippen LogP contribution in [0.25, 0.3) is 0 Å². The second-order valence-electron chi connectivity index (χ2n) is 2.92. The molecule has 0 aliphatic carbocycles. The maximum atomic E-state index is 5.43. The van der Waals surface area contributed by atoms with Gasteiger partial charge in [-0.2, -0.15) is 0 Å². The normalized spacial score (nSPS) is 17.3. The largest absolute Gasteiger partial charge is 0.330 e. The van der Waals surface area contributed by atoms with E-state index in [9.17, 15) is 0 Å². The van der Waals surface area contributed by atoms with E-state index < -0.39 is 0 Å². The molecule has 4 N–H and O–H groups in total. The van der Waals surface area contributed by atoms with Crippen LogP contribution in [0, 0.1) is 11.8 Å². The average Bonchev–Trinajstić information content (AvgIpc) is 1.87. The maximum absolute atomic E-state index is 5.43. The Morgan fingerprint density at radius 3 is 1.56 bits per heavy atom. The molecule has 0 spiro atoms. The lowest BCUT2D eigenvalue weighted by atomic mass is 9.98. The van der Waals surface area contributed by atoms with E-state index in [-0.39, 0.29) is 0 Å². The van der Waals surface area contributed by atoms with Crippen molar-refractivity contribution in [2.24, 2.45) is 23.3 Å². The zero-order valence-electron chi connectivity index (χ0n) is 6.43. The predicted molar refractivity (Wildman–Crippen MR) is 41.1 cm³/mol. The van der Waals surface area contributed by atoms with E-state index in [1.54, 1.807) is 0 Å². The predicted octanol–water partition coefficient (Wildman–Crippen LogP) is 0.566. The van der Waals surface area contributed by atoms with Crippen molar-refractivity contribution >= 4 is 0 Å². The first-order chi connectivity index (χ1) is 4.20. The molecule has 0 amide bonds. The van der Waals surface area contributed by atoms with E-state index in [0.717, 1.165) is 19.5 Å². The van der Waals surface area contributed by atoms with E-state index in [4.69, 9.17) is 11.5 Å². The van der Waals surface area contributed by atoms with Crippen LogP contribution in [-0.4, -0.2) is 13.1 Å². The molecular weight excluding hydrogens is 112 g/mol. The second kappa shape index (κ2) is 4.77. The highest BCUT2D eigenvalue weighted by Crippen LogP contribution is 2.07. The molecule has 0 aliphatic rings. The Balaban J connectivity index is 3.22. The quantitative estimate of drug-likeness (QED) is 0.584. The Labute approximate surface area is 57.6 Å². The topological polar surface area (TPSA) is 52.0 Å². The summed E-state index contributed by atoms with van der Waals surface area (Å²) in [6.07, 6.45) is 1.16. The van der Waals surface area contributed by atoms with Gasteiger partial charge in [-0.25, -0.2) is 0 Å². The minimum Gasteiger partial charge on any atom is -0.330 e. The molecule has 2 heteroatoms. The van der Waals surface area contributed by atoms with Crippen molar-refractivity contribution < 1.29 is 0 Å². The highest BCUT2D eigenvalue weighted by molar-refractivity contribution is 4.59. The summed E-state index contributed by atoms with van der Waals surface area (Å²) in [6.45, 7) is 5.88. The van der Waals surface area contributed by atoms with Crippen LogP contribution in [0.1, 0.15) is 20.3 Å². The lowest BCUT2D eigenvalue weighted by Gasteiger charge is -2.12. The number of hydrogen-bond donors (Lipinski definition) is 2. The molecule has 0 rings (SSSR count). The Bertz CT molecular complexity index is 55.9. The summed E-state index contributed by atoms with van der Waals surface area (Å²) in [5.74, 6) is 1.26. The fraction of sp³-hybridized carbons (Fsp3) is 1.00. The first-order valence-corrected chi connectivity index (χ1v) is 3.60. The zero-order valence-corrected chi connectivity index (χ0v) is 6.43. The molecule has 0 bridgehead atoms. The van der Waals surface area contributed by atoms with Crippen LogP contribution in [0.15, 0.2) is 0 Å². The van der Waals surface area contributed by atoms with Crippen LogP contribution in [-0.2, 0) is 0 Å². The van der Waals surface area contributed by atoms with Gasteiger partial charge < -0.3 is 11.5 Å². The number of nitrogens with two attached hydrogens (primary N) is 2. The van der Waals surface area contributed by atoms with Crippen molar-refractivity contribution in [3.8, 4) is 0 Å². The molecule has 2 atom stereocenters.